The molecule has 0 unspecified atom stereocenters. The summed E-state index contributed by atoms with van der Waals surface area (Å²) in [6.07, 6.45) is -0.697. The SMILES string of the molecule is CC(C)(C)OC(=O)N=C(N)c1ccc(CNN)cc1. The Bertz CT molecular complexity index is 461. The first-order valence-electron chi connectivity index (χ1n) is 5.92. The van der Waals surface area contributed by atoms with Gasteiger partial charge in [0.05, 0.1) is 0 Å². The Kier molecular flexibility index (Phi) is 5.02. The number of hydrazine groups is 1. The lowest BCUT2D eigenvalue weighted by molar-refractivity contribution is 0.0604. The van der Waals surface area contributed by atoms with Crippen LogP contribution in [0.1, 0.15) is 31.9 Å². The minimum Gasteiger partial charge on any atom is -0.442 e. The molecule has 1 rings (SSSR count). The maximum atomic E-state index is 11.5. The number of amidine groups is 1. The van der Waals surface area contributed by atoms with Gasteiger partial charge in [0, 0.05) is 12.1 Å². The van der Waals surface area contributed by atoms with Crippen molar-refractivity contribution in [2.24, 2.45) is 16.6 Å². The number of carbonyl (C=O) groups excluding carboxylic acids is 1. The van der Waals surface area contributed by atoms with Crippen LogP contribution >= 0.6 is 0 Å². The summed E-state index contributed by atoms with van der Waals surface area (Å²) in [6.45, 7) is 5.87. The van der Waals surface area contributed by atoms with Gasteiger partial charge in [-0.1, -0.05) is 24.3 Å². The van der Waals surface area contributed by atoms with Gasteiger partial charge in [0.25, 0.3) is 0 Å². The van der Waals surface area contributed by atoms with Crippen molar-refractivity contribution in [3.63, 3.8) is 0 Å². The first kappa shape index (κ1) is 15.1. The number of aliphatic imine (C=N–C) groups is 1. The number of nitrogens with two attached hydrogens (primary N) is 2. The predicted octanol–water partition coefficient (Wildman–Crippen LogP) is 1.29. The van der Waals surface area contributed by atoms with Gasteiger partial charge < -0.3 is 10.5 Å². The van der Waals surface area contributed by atoms with Crippen molar-refractivity contribution in [2.45, 2.75) is 32.9 Å². The van der Waals surface area contributed by atoms with Crippen LogP contribution in [0.15, 0.2) is 29.3 Å². The highest BCUT2D eigenvalue weighted by Gasteiger charge is 2.16. The van der Waals surface area contributed by atoms with Crippen LogP contribution in [0.5, 0.6) is 0 Å². The van der Waals surface area contributed by atoms with Crippen LogP contribution in [0.2, 0.25) is 0 Å². The number of rotatable bonds is 3. The molecule has 0 aromatic heterocycles. The molecule has 0 aliphatic carbocycles. The number of amides is 1. The van der Waals surface area contributed by atoms with Gasteiger partial charge in [-0.2, -0.15) is 4.99 Å². The molecule has 5 N–H and O–H groups in total. The third-order valence-corrected chi connectivity index (χ3v) is 2.16. The normalized spacial score (nSPS) is 12.3. The van der Waals surface area contributed by atoms with Gasteiger partial charge in [0.15, 0.2) is 0 Å². The fourth-order valence-corrected chi connectivity index (χ4v) is 1.36. The minimum absolute atomic E-state index is 0.126. The average Bonchev–Trinajstić information content (AvgIpc) is 2.27. The highest BCUT2D eigenvalue weighted by Crippen LogP contribution is 2.09. The summed E-state index contributed by atoms with van der Waals surface area (Å²) in [7, 11) is 0. The van der Waals surface area contributed by atoms with Crippen molar-refractivity contribution >= 4 is 11.9 Å². The van der Waals surface area contributed by atoms with Crippen LogP contribution in [-0.4, -0.2) is 17.5 Å². The van der Waals surface area contributed by atoms with E-state index in [1.165, 1.54) is 0 Å². The van der Waals surface area contributed by atoms with E-state index in [0.717, 1.165) is 5.56 Å². The number of nitrogens with zero attached hydrogens (tertiary/aromatic N) is 1. The zero-order valence-electron chi connectivity index (χ0n) is 11.4. The molecule has 0 aliphatic heterocycles. The van der Waals surface area contributed by atoms with Crippen molar-refractivity contribution in [3.8, 4) is 0 Å². The Hall–Kier alpha value is -1.92. The number of nitrogens with one attached hydrogen (secondary N) is 1. The molecule has 104 valence electrons. The second kappa shape index (κ2) is 6.31. The Morgan fingerprint density at radius 3 is 2.37 bits per heavy atom. The highest BCUT2D eigenvalue weighted by atomic mass is 16.6. The van der Waals surface area contributed by atoms with Crippen molar-refractivity contribution < 1.29 is 9.53 Å². The van der Waals surface area contributed by atoms with Crippen LogP contribution in [0.25, 0.3) is 0 Å². The number of ether oxygens (including phenoxy) is 1. The molecule has 1 aromatic rings. The maximum absolute atomic E-state index is 11.5. The quantitative estimate of drug-likeness (QED) is 0.330. The summed E-state index contributed by atoms with van der Waals surface area (Å²) in [6, 6.07) is 7.26. The Labute approximate surface area is 112 Å². The Balaban J connectivity index is 2.76. The fraction of sp³-hybridized carbons (Fsp3) is 0.385. The van der Waals surface area contributed by atoms with Crippen LogP contribution in [0.4, 0.5) is 4.79 Å². The number of hydrogen-bond acceptors (Lipinski definition) is 4. The second-order valence-electron chi connectivity index (χ2n) is 5.06. The van der Waals surface area contributed by atoms with E-state index >= 15 is 0 Å². The summed E-state index contributed by atoms with van der Waals surface area (Å²) in [5, 5.41) is 0. The molecular weight excluding hydrogens is 244 g/mol. The second-order valence-corrected chi connectivity index (χ2v) is 5.06. The zero-order valence-corrected chi connectivity index (χ0v) is 11.4. The van der Waals surface area contributed by atoms with Gasteiger partial charge >= 0.3 is 6.09 Å². The van der Waals surface area contributed by atoms with Crippen LogP contribution in [-0.2, 0) is 11.3 Å². The van der Waals surface area contributed by atoms with Crippen molar-refractivity contribution in [1.82, 2.24) is 5.43 Å². The lowest BCUT2D eigenvalue weighted by Crippen LogP contribution is -2.24. The molecule has 19 heavy (non-hydrogen) atoms. The van der Waals surface area contributed by atoms with Gasteiger partial charge in [-0.15, -0.1) is 0 Å². The van der Waals surface area contributed by atoms with Crippen molar-refractivity contribution in [2.75, 3.05) is 0 Å². The Morgan fingerprint density at radius 2 is 1.89 bits per heavy atom. The number of hydrogen-bond donors (Lipinski definition) is 3. The monoisotopic (exact) mass is 264 g/mol. The summed E-state index contributed by atoms with van der Waals surface area (Å²) < 4.78 is 5.06. The smallest absolute Gasteiger partial charge is 0.436 e. The van der Waals surface area contributed by atoms with Gasteiger partial charge in [0.2, 0.25) is 0 Å². The predicted molar refractivity (Wildman–Crippen MR) is 74.4 cm³/mol. The fourth-order valence-electron chi connectivity index (χ4n) is 1.36. The van der Waals surface area contributed by atoms with Crippen LogP contribution in [0, 0.1) is 0 Å². The molecule has 6 nitrogen and oxygen atoms in total. The van der Waals surface area contributed by atoms with E-state index < -0.39 is 11.7 Å². The third-order valence-electron chi connectivity index (χ3n) is 2.16. The molecule has 0 saturated heterocycles. The van der Waals surface area contributed by atoms with Crippen LogP contribution in [0.3, 0.4) is 0 Å². The van der Waals surface area contributed by atoms with E-state index in [9.17, 15) is 4.79 Å². The summed E-state index contributed by atoms with van der Waals surface area (Å²) in [5.74, 6) is 5.35. The largest absolute Gasteiger partial charge is 0.442 e. The molecule has 0 atom stereocenters. The molecule has 0 spiro atoms. The molecule has 0 radical (unpaired) electrons. The van der Waals surface area contributed by atoms with E-state index in [2.05, 4.69) is 10.4 Å². The minimum atomic E-state index is -0.697. The molecular formula is C13H20N4O2. The zero-order chi connectivity index (χ0) is 14.5. The van der Waals surface area contributed by atoms with E-state index in [1.54, 1.807) is 32.9 Å². The first-order chi connectivity index (χ1) is 8.81. The van der Waals surface area contributed by atoms with E-state index in [0.29, 0.717) is 12.1 Å². The molecule has 0 saturated carbocycles. The van der Waals surface area contributed by atoms with Gasteiger partial charge in [-0.25, -0.2) is 4.79 Å². The molecule has 0 fully saturated rings. The first-order valence-corrected chi connectivity index (χ1v) is 5.92. The average molecular weight is 264 g/mol. The molecule has 0 aliphatic rings. The van der Waals surface area contributed by atoms with Crippen LogP contribution < -0.4 is 17.0 Å². The summed E-state index contributed by atoms with van der Waals surface area (Å²) in [5.41, 5.74) is 9.39. The standard InChI is InChI=1S/C13H20N4O2/c1-13(2,3)19-12(18)17-11(14)10-6-4-9(5-7-10)8-16-15/h4-7,16H,8,15H2,1-3H3,(H2,14,17,18). The molecule has 1 aromatic carbocycles. The van der Waals surface area contributed by atoms with Crippen molar-refractivity contribution in [1.29, 1.82) is 0 Å². The lowest BCUT2D eigenvalue weighted by atomic mass is 10.1. The van der Waals surface area contributed by atoms with Gasteiger partial charge in [-0.3, -0.25) is 11.3 Å². The van der Waals surface area contributed by atoms with E-state index in [1.807, 2.05) is 12.1 Å². The lowest BCUT2D eigenvalue weighted by Gasteiger charge is -2.17. The maximum Gasteiger partial charge on any atom is 0.436 e. The topological polar surface area (TPSA) is 103 Å². The molecule has 1 amide bonds. The van der Waals surface area contributed by atoms with Gasteiger partial charge in [0.1, 0.15) is 11.4 Å². The Morgan fingerprint density at radius 1 is 1.32 bits per heavy atom. The molecule has 0 heterocycles. The molecule has 6 heteroatoms. The number of benzene rings is 1. The van der Waals surface area contributed by atoms with E-state index in [-0.39, 0.29) is 5.84 Å². The molecule has 0 bridgehead atoms. The number of carbonyl (C=O) groups is 1. The summed E-state index contributed by atoms with van der Waals surface area (Å²) >= 11 is 0. The summed E-state index contributed by atoms with van der Waals surface area (Å²) in [4.78, 5) is 15.2. The van der Waals surface area contributed by atoms with Crippen molar-refractivity contribution in [3.05, 3.63) is 35.4 Å². The van der Waals surface area contributed by atoms with Gasteiger partial charge in [-0.05, 0) is 26.3 Å². The van der Waals surface area contributed by atoms with E-state index in [4.69, 9.17) is 16.3 Å². The third kappa shape index (κ3) is 5.50. The highest BCUT2D eigenvalue weighted by molar-refractivity contribution is 6.02.